The number of benzene rings is 2. The van der Waals surface area contributed by atoms with Crippen molar-refractivity contribution in [3.63, 3.8) is 0 Å². The van der Waals surface area contributed by atoms with Crippen molar-refractivity contribution in [3.8, 4) is 0 Å². The predicted molar refractivity (Wildman–Crippen MR) is 134 cm³/mol. The average Bonchev–Trinajstić information content (AvgIpc) is 2.85. The Morgan fingerprint density at radius 1 is 1.00 bits per heavy atom. The molecule has 2 aromatic carbocycles. The number of piperidine rings is 1. The van der Waals surface area contributed by atoms with Crippen molar-refractivity contribution in [2.45, 2.75) is 69.4 Å². The number of nitrogens with one attached hydrogen (secondary N) is 2. The van der Waals surface area contributed by atoms with Gasteiger partial charge in [0.15, 0.2) is 0 Å². The van der Waals surface area contributed by atoms with Gasteiger partial charge < -0.3 is 15.0 Å². The highest BCUT2D eigenvalue weighted by molar-refractivity contribution is 7.89. The fraction of sp³-hybridized carbons (Fsp3) is 0.577. The molecule has 1 heterocycles. The van der Waals surface area contributed by atoms with Crippen molar-refractivity contribution in [2.24, 2.45) is 5.92 Å². The number of ether oxygens (including phenoxy) is 1. The van der Waals surface area contributed by atoms with Gasteiger partial charge in [-0.05, 0) is 62.1 Å². The number of hydrogen-bond donors (Lipinski definition) is 2. The molecule has 0 bridgehead atoms. The fourth-order valence-electron chi connectivity index (χ4n) is 5.20. The molecule has 4 rings (SSSR count). The van der Waals surface area contributed by atoms with Gasteiger partial charge >= 0.3 is 6.09 Å². The lowest BCUT2D eigenvalue weighted by Gasteiger charge is -2.31. The zero-order chi connectivity index (χ0) is 24.0. The van der Waals surface area contributed by atoms with Crippen molar-refractivity contribution >= 4 is 26.9 Å². The van der Waals surface area contributed by atoms with Crippen LogP contribution in [0.5, 0.6) is 0 Å². The highest BCUT2D eigenvalue weighted by atomic mass is 32.2. The molecular formula is C26H37N3O4S. The minimum atomic E-state index is -3.69. The number of rotatable bonds is 8. The van der Waals surface area contributed by atoms with Gasteiger partial charge in [-0.2, -0.15) is 0 Å². The Morgan fingerprint density at radius 2 is 1.71 bits per heavy atom. The van der Waals surface area contributed by atoms with Crippen LogP contribution in [0.1, 0.15) is 57.4 Å². The molecule has 1 aliphatic carbocycles. The third kappa shape index (κ3) is 6.09. The van der Waals surface area contributed by atoms with Gasteiger partial charge in [0.2, 0.25) is 10.0 Å². The van der Waals surface area contributed by atoms with Gasteiger partial charge in [0.25, 0.3) is 0 Å². The standard InChI is InChI=1S/C26H37N3O4S/c1-2-33-26(30)29-16-14-22(15-17-29)28-34(31,32)25-13-12-21(23-10-6-7-11-24(23)25)19-27-18-20-8-4-3-5-9-20/h6-7,10-13,20,22,27-28H,2-5,8-9,14-19H2,1H3. The van der Waals surface area contributed by atoms with E-state index in [9.17, 15) is 13.2 Å². The normalized spacial score (nSPS) is 18.3. The molecule has 1 aliphatic heterocycles. The molecule has 186 valence electrons. The summed E-state index contributed by atoms with van der Waals surface area (Å²) in [6.07, 6.45) is 7.42. The molecule has 2 N–H and O–H groups in total. The summed E-state index contributed by atoms with van der Waals surface area (Å²) in [5.41, 5.74) is 1.12. The van der Waals surface area contributed by atoms with Gasteiger partial charge in [-0.3, -0.25) is 0 Å². The van der Waals surface area contributed by atoms with Crippen LogP contribution in [0.15, 0.2) is 41.3 Å². The van der Waals surface area contributed by atoms with E-state index in [0.717, 1.165) is 35.3 Å². The van der Waals surface area contributed by atoms with Crippen molar-refractivity contribution in [1.29, 1.82) is 0 Å². The molecule has 0 radical (unpaired) electrons. The van der Waals surface area contributed by atoms with Crippen molar-refractivity contribution in [1.82, 2.24) is 14.9 Å². The molecule has 0 aromatic heterocycles. The Labute approximate surface area is 203 Å². The number of amides is 1. The summed E-state index contributed by atoms with van der Waals surface area (Å²) in [7, 11) is -3.69. The molecule has 2 aliphatic rings. The first-order chi connectivity index (χ1) is 16.5. The molecule has 2 fully saturated rings. The van der Waals surface area contributed by atoms with Crippen LogP contribution in [0.2, 0.25) is 0 Å². The Balaban J connectivity index is 1.43. The minimum absolute atomic E-state index is 0.203. The molecule has 34 heavy (non-hydrogen) atoms. The summed E-state index contributed by atoms with van der Waals surface area (Å²) >= 11 is 0. The van der Waals surface area contributed by atoms with Crippen LogP contribution in [0.4, 0.5) is 4.79 Å². The second-order valence-electron chi connectivity index (χ2n) is 9.48. The Bertz CT molecular complexity index is 1070. The maximum Gasteiger partial charge on any atom is 0.409 e. The monoisotopic (exact) mass is 487 g/mol. The van der Waals surface area contributed by atoms with E-state index in [0.29, 0.717) is 37.4 Å². The molecule has 0 spiro atoms. The minimum Gasteiger partial charge on any atom is -0.450 e. The van der Waals surface area contributed by atoms with Crippen LogP contribution in [0, 0.1) is 5.92 Å². The second-order valence-corrected chi connectivity index (χ2v) is 11.2. The van der Waals surface area contributed by atoms with E-state index in [1.165, 1.54) is 32.1 Å². The number of carbonyl (C=O) groups is 1. The quantitative estimate of drug-likeness (QED) is 0.576. The summed E-state index contributed by atoms with van der Waals surface area (Å²) in [6.45, 7) is 4.83. The zero-order valence-electron chi connectivity index (χ0n) is 20.1. The highest BCUT2D eigenvalue weighted by Crippen LogP contribution is 2.28. The van der Waals surface area contributed by atoms with Gasteiger partial charge in [-0.15, -0.1) is 0 Å². The summed E-state index contributed by atoms with van der Waals surface area (Å²) in [5, 5.41) is 5.32. The molecule has 0 atom stereocenters. The SMILES string of the molecule is CCOC(=O)N1CCC(NS(=O)(=O)c2ccc(CNCC3CCCCC3)c3ccccc23)CC1. The van der Waals surface area contributed by atoms with Crippen LogP contribution < -0.4 is 10.0 Å². The van der Waals surface area contributed by atoms with Gasteiger partial charge in [0.05, 0.1) is 11.5 Å². The molecule has 1 amide bonds. The van der Waals surface area contributed by atoms with Gasteiger partial charge in [0.1, 0.15) is 0 Å². The maximum atomic E-state index is 13.3. The van der Waals surface area contributed by atoms with E-state index in [1.807, 2.05) is 30.3 Å². The summed E-state index contributed by atoms with van der Waals surface area (Å²) in [6, 6.07) is 11.2. The van der Waals surface area contributed by atoms with E-state index in [1.54, 1.807) is 17.9 Å². The number of carbonyl (C=O) groups excluding carboxylic acids is 1. The van der Waals surface area contributed by atoms with Crippen LogP contribution in [0.25, 0.3) is 10.8 Å². The molecule has 2 aromatic rings. The summed E-state index contributed by atoms with van der Waals surface area (Å²) < 4.78 is 34.6. The first-order valence-corrected chi connectivity index (χ1v) is 14.1. The predicted octanol–water partition coefficient (Wildman–Crippen LogP) is 4.41. The lowest BCUT2D eigenvalue weighted by Crippen LogP contribution is -2.46. The van der Waals surface area contributed by atoms with Crippen molar-refractivity contribution in [3.05, 3.63) is 42.0 Å². The molecule has 8 heteroatoms. The molecule has 0 unspecified atom stereocenters. The van der Waals surface area contributed by atoms with Crippen LogP contribution in [-0.4, -0.2) is 51.7 Å². The number of fused-ring (bicyclic) bond motifs is 1. The number of likely N-dealkylation sites (tertiary alicyclic amines) is 1. The molecule has 1 saturated carbocycles. The average molecular weight is 488 g/mol. The van der Waals surface area contributed by atoms with Gasteiger partial charge in [-0.1, -0.05) is 49.6 Å². The largest absolute Gasteiger partial charge is 0.450 e. The van der Waals surface area contributed by atoms with Crippen LogP contribution in [-0.2, 0) is 21.3 Å². The number of hydrogen-bond acceptors (Lipinski definition) is 5. The van der Waals surface area contributed by atoms with Crippen LogP contribution >= 0.6 is 0 Å². The van der Waals surface area contributed by atoms with Gasteiger partial charge in [0, 0.05) is 31.1 Å². The molecule has 1 saturated heterocycles. The molecule has 7 nitrogen and oxygen atoms in total. The fourth-order valence-corrected chi connectivity index (χ4v) is 6.72. The zero-order valence-corrected chi connectivity index (χ0v) is 20.9. The topological polar surface area (TPSA) is 87.7 Å². The Hall–Kier alpha value is -2.16. The third-order valence-corrected chi connectivity index (χ3v) is 8.66. The van der Waals surface area contributed by atoms with E-state index in [-0.39, 0.29) is 12.1 Å². The van der Waals surface area contributed by atoms with Crippen LogP contribution in [0.3, 0.4) is 0 Å². The van der Waals surface area contributed by atoms with Crippen molar-refractivity contribution < 1.29 is 17.9 Å². The Kier molecular flexibility index (Phi) is 8.45. The Morgan fingerprint density at radius 3 is 2.41 bits per heavy atom. The number of sulfonamides is 1. The highest BCUT2D eigenvalue weighted by Gasteiger charge is 2.28. The first kappa shape index (κ1) is 24.9. The second kappa shape index (κ2) is 11.5. The maximum absolute atomic E-state index is 13.3. The molecular weight excluding hydrogens is 450 g/mol. The summed E-state index contributed by atoms with van der Waals surface area (Å²) in [5.74, 6) is 0.749. The van der Waals surface area contributed by atoms with E-state index in [2.05, 4.69) is 10.0 Å². The van der Waals surface area contributed by atoms with E-state index < -0.39 is 10.0 Å². The number of nitrogens with zero attached hydrogens (tertiary/aromatic N) is 1. The smallest absolute Gasteiger partial charge is 0.409 e. The van der Waals surface area contributed by atoms with E-state index in [4.69, 9.17) is 4.74 Å². The first-order valence-electron chi connectivity index (χ1n) is 12.6. The van der Waals surface area contributed by atoms with Gasteiger partial charge in [-0.25, -0.2) is 17.9 Å². The lowest BCUT2D eigenvalue weighted by molar-refractivity contribution is 0.0966. The summed E-state index contributed by atoms with van der Waals surface area (Å²) in [4.78, 5) is 13.9. The third-order valence-electron chi connectivity index (χ3n) is 7.08. The lowest BCUT2D eigenvalue weighted by atomic mass is 9.89. The van der Waals surface area contributed by atoms with E-state index >= 15 is 0 Å². The van der Waals surface area contributed by atoms with Crippen molar-refractivity contribution in [2.75, 3.05) is 26.2 Å².